The van der Waals surface area contributed by atoms with E-state index < -0.39 is 6.09 Å². The van der Waals surface area contributed by atoms with Gasteiger partial charge >= 0.3 is 6.09 Å². The number of nitrogens with one attached hydrogen (secondary N) is 1. The van der Waals surface area contributed by atoms with E-state index in [1.807, 2.05) is 40.0 Å². The lowest BCUT2D eigenvalue weighted by molar-refractivity contribution is -0.0365. The maximum absolute atomic E-state index is 11.7. The SMILES string of the molecule is O=C1NCCOc2ccc3c(c2)c(nn3C2CCCCO2)-c2cnn(c2)CCCO1. The smallest absolute Gasteiger partial charge is 0.407 e. The number of benzene rings is 1. The summed E-state index contributed by atoms with van der Waals surface area (Å²) in [5.74, 6) is 0.725. The zero-order valence-electron chi connectivity index (χ0n) is 16.7. The summed E-state index contributed by atoms with van der Waals surface area (Å²) in [5.41, 5.74) is 2.82. The average molecular weight is 411 g/mol. The number of fused-ring (bicyclic) bond motifs is 4. The fourth-order valence-corrected chi connectivity index (χ4v) is 3.93. The van der Waals surface area contributed by atoms with Gasteiger partial charge in [-0.25, -0.2) is 9.48 Å². The van der Waals surface area contributed by atoms with E-state index in [4.69, 9.17) is 19.3 Å². The molecular formula is C21H25N5O4. The highest BCUT2D eigenvalue weighted by atomic mass is 16.5. The van der Waals surface area contributed by atoms with Gasteiger partial charge in [-0.2, -0.15) is 10.2 Å². The van der Waals surface area contributed by atoms with Crippen molar-refractivity contribution in [3.05, 3.63) is 30.6 Å². The average Bonchev–Trinajstić information content (AvgIpc) is 3.39. The maximum Gasteiger partial charge on any atom is 0.407 e. The summed E-state index contributed by atoms with van der Waals surface area (Å²) in [6.45, 7) is 2.48. The van der Waals surface area contributed by atoms with Gasteiger partial charge in [-0.1, -0.05) is 0 Å². The Bertz CT molecular complexity index is 1040. The van der Waals surface area contributed by atoms with Gasteiger partial charge in [0.1, 0.15) is 18.1 Å². The summed E-state index contributed by atoms with van der Waals surface area (Å²) in [5, 5.41) is 13.1. The minimum absolute atomic E-state index is 0.0571. The van der Waals surface area contributed by atoms with Gasteiger partial charge in [0.15, 0.2) is 6.23 Å². The molecule has 1 atom stereocenters. The third-order valence-electron chi connectivity index (χ3n) is 5.42. The number of carbonyl (C=O) groups excluding carboxylic acids is 1. The molecule has 9 nitrogen and oxygen atoms in total. The van der Waals surface area contributed by atoms with Gasteiger partial charge in [0, 0.05) is 36.7 Å². The van der Waals surface area contributed by atoms with Crippen molar-refractivity contribution in [2.45, 2.75) is 38.5 Å². The molecule has 1 amide bonds. The van der Waals surface area contributed by atoms with E-state index in [9.17, 15) is 4.79 Å². The minimum Gasteiger partial charge on any atom is -0.492 e. The van der Waals surface area contributed by atoms with Crippen molar-refractivity contribution in [2.75, 3.05) is 26.4 Å². The fourth-order valence-electron chi connectivity index (χ4n) is 3.93. The third kappa shape index (κ3) is 3.85. The Kier molecular flexibility index (Phi) is 5.27. The van der Waals surface area contributed by atoms with Gasteiger partial charge in [0.2, 0.25) is 0 Å². The molecule has 2 aromatic heterocycles. The van der Waals surface area contributed by atoms with Gasteiger partial charge in [-0.3, -0.25) is 4.68 Å². The van der Waals surface area contributed by atoms with Crippen molar-refractivity contribution in [1.82, 2.24) is 24.9 Å². The molecule has 1 aromatic carbocycles. The number of aromatic nitrogens is 4. The molecule has 4 bridgehead atoms. The van der Waals surface area contributed by atoms with Gasteiger partial charge < -0.3 is 19.5 Å². The maximum atomic E-state index is 11.7. The summed E-state index contributed by atoms with van der Waals surface area (Å²) in [6, 6.07) is 5.95. The van der Waals surface area contributed by atoms with Crippen LogP contribution in [0, 0.1) is 0 Å². The van der Waals surface area contributed by atoms with Gasteiger partial charge in [-0.15, -0.1) is 0 Å². The zero-order valence-corrected chi connectivity index (χ0v) is 16.7. The van der Waals surface area contributed by atoms with Crippen molar-refractivity contribution in [3.8, 4) is 17.0 Å². The summed E-state index contributed by atoms with van der Waals surface area (Å²) in [6.07, 6.45) is 7.17. The molecule has 158 valence electrons. The first-order valence-corrected chi connectivity index (χ1v) is 10.5. The van der Waals surface area contributed by atoms with Crippen molar-refractivity contribution < 1.29 is 19.0 Å². The first-order chi connectivity index (χ1) is 14.8. The fraction of sp³-hybridized carbons (Fsp3) is 0.476. The number of cyclic esters (lactones) is 1. The number of hydrogen-bond acceptors (Lipinski definition) is 6. The lowest BCUT2D eigenvalue weighted by Gasteiger charge is -2.23. The number of aryl methyl sites for hydroxylation is 1. The van der Waals surface area contributed by atoms with Gasteiger partial charge in [0.05, 0.1) is 24.9 Å². The Balaban J connectivity index is 1.55. The molecule has 0 saturated carbocycles. The predicted molar refractivity (Wildman–Crippen MR) is 109 cm³/mol. The number of ether oxygens (including phenoxy) is 3. The molecule has 5 rings (SSSR count). The summed E-state index contributed by atoms with van der Waals surface area (Å²) >= 11 is 0. The van der Waals surface area contributed by atoms with Crippen LogP contribution in [0.15, 0.2) is 30.6 Å². The van der Waals surface area contributed by atoms with E-state index in [0.717, 1.165) is 53.8 Å². The highest BCUT2D eigenvalue weighted by Crippen LogP contribution is 2.34. The van der Waals surface area contributed by atoms with Gasteiger partial charge in [0.25, 0.3) is 0 Å². The Labute approximate surface area is 173 Å². The summed E-state index contributed by atoms with van der Waals surface area (Å²) < 4.78 is 20.9. The van der Waals surface area contributed by atoms with E-state index >= 15 is 0 Å². The largest absolute Gasteiger partial charge is 0.492 e. The summed E-state index contributed by atoms with van der Waals surface area (Å²) in [7, 11) is 0. The number of alkyl carbamates (subject to hydrolysis) is 1. The van der Waals surface area contributed by atoms with E-state index in [-0.39, 0.29) is 6.23 Å². The molecule has 3 aromatic rings. The van der Waals surface area contributed by atoms with Gasteiger partial charge in [-0.05, 0) is 37.5 Å². The zero-order chi connectivity index (χ0) is 20.3. The molecule has 1 saturated heterocycles. The normalized spacial score (nSPS) is 20.5. The Morgan fingerprint density at radius 3 is 2.97 bits per heavy atom. The van der Waals surface area contributed by atoms with E-state index in [1.54, 1.807) is 0 Å². The van der Waals surface area contributed by atoms with Crippen molar-refractivity contribution in [3.63, 3.8) is 0 Å². The molecule has 0 radical (unpaired) electrons. The van der Waals surface area contributed by atoms with Crippen molar-refractivity contribution in [2.24, 2.45) is 0 Å². The van der Waals surface area contributed by atoms with Crippen molar-refractivity contribution in [1.29, 1.82) is 0 Å². The number of nitrogens with zero attached hydrogens (tertiary/aromatic N) is 4. The molecule has 1 unspecified atom stereocenters. The van der Waals surface area contributed by atoms with E-state index in [0.29, 0.717) is 32.7 Å². The molecule has 9 heteroatoms. The first-order valence-electron chi connectivity index (χ1n) is 10.5. The number of rotatable bonds is 1. The van der Waals surface area contributed by atoms with E-state index in [2.05, 4.69) is 10.4 Å². The standard InChI is InChI=1S/C21H25N5O4/c27-21-22-7-11-28-16-5-6-18-17(12-16)20(24-26(18)19-4-1-2-9-29-19)15-13-23-25(14-15)8-3-10-30-21/h5-6,12-14,19H,1-4,7-11H2,(H,22,27). The third-order valence-corrected chi connectivity index (χ3v) is 5.42. The van der Waals surface area contributed by atoms with Crippen LogP contribution in [0.1, 0.15) is 31.9 Å². The quantitative estimate of drug-likeness (QED) is 0.662. The molecule has 30 heavy (non-hydrogen) atoms. The predicted octanol–water partition coefficient (Wildman–Crippen LogP) is 3.11. The Morgan fingerprint density at radius 1 is 1.10 bits per heavy atom. The molecule has 2 aliphatic rings. The van der Waals surface area contributed by atoms with Crippen LogP contribution >= 0.6 is 0 Å². The highest BCUT2D eigenvalue weighted by Gasteiger charge is 2.22. The number of amides is 1. The van der Waals surface area contributed by atoms with Crippen LogP contribution in [0.5, 0.6) is 5.75 Å². The molecule has 2 aliphatic heterocycles. The van der Waals surface area contributed by atoms with Crippen LogP contribution in [-0.2, 0) is 16.0 Å². The van der Waals surface area contributed by atoms with Crippen LogP contribution in [0.25, 0.3) is 22.2 Å². The second kappa shape index (κ2) is 8.35. The molecule has 1 fully saturated rings. The molecule has 0 spiro atoms. The lowest BCUT2D eigenvalue weighted by atomic mass is 10.1. The van der Waals surface area contributed by atoms with Crippen LogP contribution < -0.4 is 10.1 Å². The second-order valence-corrected chi connectivity index (χ2v) is 7.55. The minimum atomic E-state index is -0.432. The van der Waals surface area contributed by atoms with E-state index in [1.165, 1.54) is 0 Å². The second-order valence-electron chi connectivity index (χ2n) is 7.55. The number of hydrogen-bond donors (Lipinski definition) is 1. The van der Waals surface area contributed by atoms with Crippen LogP contribution in [-0.4, -0.2) is 52.0 Å². The molecule has 1 N–H and O–H groups in total. The van der Waals surface area contributed by atoms with Crippen LogP contribution in [0.3, 0.4) is 0 Å². The van der Waals surface area contributed by atoms with Crippen LogP contribution in [0.2, 0.25) is 0 Å². The molecule has 0 aliphatic carbocycles. The lowest BCUT2D eigenvalue weighted by Crippen LogP contribution is -2.29. The first kappa shape index (κ1) is 18.9. The van der Waals surface area contributed by atoms with Crippen LogP contribution in [0.4, 0.5) is 4.79 Å². The molecule has 4 heterocycles. The Hall–Kier alpha value is -3.07. The monoisotopic (exact) mass is 411 g/mol. The number of carbonyl (C=O) groups is 1. The highest BCUT2D eigenvalue weighted by molar-refractivity contribution is 5.94. The molecular weight excluding hydrogens is 386 g/mol. The topological polar surface area (TPSA) is 92.4 Å². The Morgan fingerprint density at radius 2 is 2.07 bits per heavy atom. The van der Waals surface area contributed by atoms with Crippen molar-refractivity contribution >= 4 is 17.0 Å². The summed E-state index contributed by atoms with van der Waals surface area (Å²) in [4.78, 5) is 11.7.